The van der Waals surface area contributed by atoms with E-state index in [1.807, 2.05) is 30.3 Å². The van der Waals surface area contributed by atoms with Crippen molar-refractivity contribution in [2.75, 3.05) is 19.7 Å². The third-order valence-electron chi connectivity index (χ3n) is 2.03. The fourth-order valence-electron chi connectivity index (χ4n) is 1.25. The minimum Gasteiger partial charge on any atom is -0.313 e. The van der Waals surface area contributed by atoms with E-state index in [0.717, 1.165) is 5.56 Å². The molecule has 0 amide bonds. The van der Waals surface area contributed by atoms with Gasteiger partial charge in [-0.1, -0.05) is 30.3 Å². The molecule has 0 bridgehead atoms. The smallest absolute Gasteiger partial charge is 0.313 e. The summed E-state index contributed by atoms with van der Waals surface area (Å²) in [6.07, 6.45) is -4.57. The molecule has 96 valence electrons. The van der Waals surface area contributed by atoms with Gasteiger partial charge in [0.2, 0.25) is 0 Å². The fraction of sp³-hybridized carbons (Fsp3) is 0.455. The first-order valence-electron chi connectivity index (χ1n) is 5.09. The van der Waals surface area contributed by atoms with Crippen molar-refractivity contribution in [3.63, 3.8) is 0 Å². The lowest BCUT2D eigenvalue weighted by molar-refractivity contribution is -0.323. The number of nitrogens with one attached hydrogen (secondary N) is 1. The molecule has 0 spiro atoms. The van der Waals surface area contributed by atoms with Gasteiger partial charge in [-0.2, -0.15) is 0 Å². The van der Waals surface area contributed by atoms with Gasteiger partial charge in [0.15, 0.2) is 0 Å². The Hall–Kier alpha value is -0.780. The lowest BCUT2D eigenvalue weighted by Crippen LogP contribution is -2.26. The molecule has 0 fully saturated rings. The van der Waals surface area contributed by atoms with E-state index in [4.69, 9.17) is 11.6 Å². The summed E-state index contributed by atoms with van der Waals surface area (Å²) in [5, 5.41) is 2.54. The van der Waals surface area contributed by atoms with Crippen LogP contribution in [0.1, 0.15) is 10.9 Å². The Morgan fingerprint density at radius 1 is 1.24 bits per heavy atom. The maximum absolute atomic E-state index is 11.6. The monoisotopic (exact) mass is 267 g/mol. The Labute approximate surface area is 103 Å². The highest BCUT2D eigenvalue weighted by molar-refractivity contribution is 6.21. The lowest BCUT2D eigenvalue weighted by atomic mass is 10.1. The van der Waals surface area contributed by atoms with Crippen LogP contribution in [0.15, 0.2) is 30.3 Å². The summed E-state index contributed by atoms with van der Waals surface area (Å²) < 4.78 is 38.5. The predicted octanol–water partition coefficient (Wildman–Crippen LogP) is 3.09. The van der Waals surface area contributed by atoms with Crippen LogP contribution in [-0.2, 0) is 4.74 Å². The van der Waals surface area contributed by atoms with Crippen LogP contribution in [0.5, 0.6) is 0 Å². The van der Waals surface area contributed by atoms with Crippen molar-refractivity contribution in [2.45, 2.75) is 11.7 Å². The van der Waals surface area contributed by atoms with E-state index in [0.29, 0.717) is 6.54 Å². The van der Waals surface area contributed by atoms with E-state index < -0.39 is 13.0 Å². The second kappa shape index (κ2) is 6.83. The van der Waals surface area contributed by atoms with Crippen molar-refractivity contribution in [2.24, 2.45) is 0 Å². The Balaban J connectivity index is 2.15. The fourth-order valence-corrected chi connectivity index (χ4v) is 1.50. The van der Waals surface area contributed by atoms with Crippen LogP contribution in [0.2, 0.25) is 0 Å². The van der Waals surface area contributed by atoms with E-state index >= 15 is 0 Å². The van der Waals surface area contributed by atoms with Crippen LogP contribution in [0, 0.1) is 0 Å². The average Bonchev–Trinajstić information content (AvgIpc) is 2.28. The zero-order chi connectivity index (χ0) is 12.7. The molecule has 0 aliphatic carbocycles. The molecule has 0 aromatic heterocycles. The number of ether oxygens (including phenoxy) is 1. The Kier molecular flexibility index (Phi) is 5.74. The number of hydrogen-bond acceptors (Lipinski definition) is 2. The highest BCUT2D eigenvalue weighted by Crippen LogP contribution is 2.18. The zero-order valence-electron chi connectivity index (χ0n) is 9.01. The number of hydrogen-bond donors (Lipinski definition) is 1. The SMILES string of the molecule is FC(F)(F)OCCNCC(Cl)c1ccccc1. The van der Waals surface area contributed by atoms with Crippen molar-refractivity contribution < 1.29 is 17.9 Å². The van der Waals surface area contributed by atoms with Gasteiger partial charge in [0.05, 0.1) is 12.0 Å². The number of alkyl halides is 4. The highest BCUT2D eigenvalue weighted by Gasteiger charge is 2.28. The largest absolute Gasteiger partial charge is 0.522 e. The van der Waals surface area contributed by atoms with Crippen LogP contribution in [0.4, 0.5) is 13.2 Å². The molecule has 17 heavy (non-hydrogen) atoms. The van der Waals surface area contributed by atoms with E-state index in [1.165, 1.54) is 0 Å². The summed E-state index contributed by atoms with van der Waals surface area (Å²) in [5.41, 5.74) is 0.929. The van der Waals surface area contributed by atoms with Gasteiger partial charge in [-0.25, -0.2) is 0 Å². The minimum absolute atomic E-state index is 0.107. The normalized spacial score (nSPS) is 13.6. The minimum atomic E-state index is -4.57. The average molecular weight is 268 g/mol. The van der Waals surface area contributed by atoms with Crippen LogP contribution >= 0.6 is 11.6 Å². The summed E-state index contributed by atoms with van der Waals surface area (Å²) in [7, 11) is 0. The van der Waals surface area contributed by atoms with E-state index in [-0.39, 0.29) is 11.9 Å². The lowest BCUT2D eigenvalue weighted by Gasteiger charge is -2.12. The molecule has 1 rings (SSSR count). The van der Waals surface area contributed by atoms with Crippen LogP contribution in [-0.4, -0.2) is 26.1 Å². The van der Waals surface area contributed by atoms with Crippen molar-refractivity contribution >= 4 is 11.6 Å². The maximum Gasteiger partial charge on any atom is 0.522 e. The molecule has 1 aromatic rings. The number of halogens is 4. The highest BCUT2D eigenvalue weighted by atomic mass is 35.5. The first kappa shape index (κ1) is 14.3. The quantitative estimate of drug-likeness (QED) is 0.632. The Morgan fingerprint density at radius 3 is 2.47 bits per heavy atom. The summed E-state index contributed by atoms with van der Waals surface area (Å²) in [6, 6.07) is 9.32. The molecule has 0 saturated heterocycles. The van der Waals surface area contributed by atoms with Crippen LogP contribution < -0.4 is 5.32 Å². The van der Waals surface area contributed by atoms with Gasteiger partial charge in [0.25, 0.3) is 0 Å². The Morgan fingerprint density at radius 2 is 1.88 bits per heavy atom. The molecule has 1 atom stereocenters. The first-order valence-corrected chi connectivity index (χ1v) is 5.53. The van der Waals surface area contributed by atoms with Gasteiger partial charge < -0.3 is 5.32 Å². The molecule has 2 nitrogen and oxygen atoms in total. The zero-order valence-corrected chi connectivity index (χ0v) is 9.76. The summed E-state index contributed by atoms with van der Waals surface area (Å²) in [4.78, 5) is 0. The van der Waals surface area contributed by atoms with Crippen LogP contribution in [0.3, 0.4) is 0 Å². The summed E-state index contributed by atoms with van der Waals surface area (Å²) >= 11 is 6.05. The van der Waals surface area contributed by atoms with Crippen molar-refractivity contribution in [1.82, 2.24) is 5.32 Å². The van der Waals surface area contributed by atoms with Gasteiger partial charge in [0, 0.05) is 13.1 Å². The van der Waals surface area contributed by atoms with E-state index in [9.17, 15) is 13.2 Å². The molecule has 1 aromatic carbocycles. The van der Waals surface area contributed by atoms with Gasteiger partial charge in [-0.3, -0.25) is 4.74 Å². The molecule has 0 radical (unpaired) electrons. The first-order chi connectivity index (χ1) is 7.99. The molecule has 0 aliphatic rings. The Bertz CT molecular complexity index is 318. The standard InChI is InChI=1S/C11H13ClF3NO/c12-10(9-4-2-1-3-5-9)8-16-6-7-17-11(13,14)15/h1-5,10,16H,6-8H2. The van der Waals surface area contributed by atoms with Crippen LogP contribution in [0.25, 0.3) is 0 Å². The number of rotatable bonds is 6. The third kappa shape index (κ3) is 6.51. The molecule has 0 saturated carbocycles. The van der Waals surface area contributed by atoms with Gasteiger partial charge >= 0.3 is 6.36 Å². The van der Waals surface area contributed by atoms with E-state index in [1.54, 1.807) is 0 Å². The molecular formula is C11H13ClF3NO. The molecule has 0 aliphatic heterocycles. The van der Waals surface area contributed by atoms with Crippen molar-refractivity contribution in [3.05, 3.63) is 35.9 Å². The molecule has 6 heteroatoms. The van der Waals surface area contributed by atoms with Gasteiger partial charge in [0.1, 0.15) is 0 Å². The molecule has 0 heterocycles. The molecule has 1 unspecified atom stereocenters. The second-order valence-electron chi connectivity index (χ2n) is 3.38. The topological polar surface area (TPSA) is 21.3 Å². The predicted molar refractivity (Wildman–Crippen MR) is 59.9 cm³/mol. The van der Waals surface area contributed by atoms with Gasteiger partial charge in [-0.15, -0.1) is 24.8 Å². The summed E-state index contributed by atoms with van der Waals surface area (Å²) in [5.74, 6) is 0. The van der Waals surface area contributed by atoms with Crippen molar-refractivity contribution in [1.29, 1.82) is 0 Å². The van der Waals surface area contributed by atoms with Crippen molar-refractivity contribution in [3.8, 4) is 0 Å². The number of benzene rings is 1. The van der Waals surface area contributed by atoms with Gasteiger partial charge in [-0.05, 0) is 5.56 Å². The second-order valence-corrected chi connectivity index (χ2v) is 3.90. The maximum atomic E-state index is 11.6. The van der Waals surface area contributed by atoms with E-state index in [2.05, 4.69) is 10.1 Å². The molecule has 1 N–H and O–H groups in total. The summed E-state index contributed by atoms with van der Waals surface area (Å²) in [6.45, 7) is 0.0875. The molecular weight excluding hydrogens is 255 g/mol. The third-order valence-corrected chi connectivity index (χ3v) is 2.44.